The van der Waals surface area contributed by atoms with E-state index in [2.05, 4.69) is 13.8 Å². The number of hydrogen-bond donors (Lipinski definition) is 0. The van der Waals surface area contributed by atoms with Crippen LogP contribution in [0, 0.1) is 23.2 Å². The van der Waals surface area contributed by atoms with Crippen molar-refractivity contribution in [1.29, 1.82) is 0 Å². The Morgan fingerprint density at radius 2 is 1.44 bits per heavy atom. The van der Waals surface area contributed by atoms with Gasteiger partial charge in [-0.1, -0.05) is 0 Å². The van der Waals surface area contributed by atoms with Gasteiger partial charge in [0.25, 0.3) is 0 Å². The van der Waals surface area contributed by atoms with Crippen LogP contribution in [0.15, 0.2) is 0 Å². The predicted octanol–water partition coefficient (Wildman–Crippen LogP) is 4.02. The Bertz CT molecular complexity index is 244. The molecule has 0 N–H and O–H groups in total. The van der Waals surface area contributed by atoms with Crippen LogP contribution < -0.4 is 0 Å². The van der Waals surface area contributed by atoms with Gasteiger partial charge in [-0.25, -0.2) is 0 Å². The number of rotatable bonds is 3. The van der Waals surface area contributed by atoms with E-state index < -0.39 is 0 Å². The largest absolute Gasteiger partial charge is 0.379 e. The molecule has 0 unspecified atom stereocenters. The Kier molecular flexibility index (Phi) is 2.41. The summed E-state index contributed by atoms with van der Waals surface area (Å²) in [5.41, 5.74) is 0.750. The van der Waals surface area contributed by atoms with Gasteiger partial charge in [0.2, 0.25) is 0 Å². The second-order valence-electron chi connectivity index (χ2n) is 7.56. The summed E-state index contributed by atoms with van der Waals surface area (Å²) in [7, 11) is 1.88. The molecular weight excluding hydrogens is 196 g/mol. The van der Waals surface area contributed by atoms with E-state index in [4.69, 9.17) is 4.74 Å². The Balaban J connectivity index is 1.78. The smallest absolute Gasteiger partial charge is 0.0628 e. The Morgan fingerprint density at radius 1 is 1.00 bits per heavy atom. The first kappa shape index (κ1) is 11.1. The van der Waals surface area contributed by atoms with Gasteiger partial charge in [0.15, 0.2) is 0 Å². The second kappa shape index (κ2) is 3.48. The lowest BCUT2D eigenvalue weighted by Gasteiger charge is -2.58. The van der Waals surface area contributed by atoms with Gasteiger partial charge in [0, 0.05) is 7.11 Å². The van der Waals surface area contributed by atoms with Crippen LogP contribution in [-0.2, 0) is 4.74 Å². The third-order valence-electron chi connectivity index (χ3n) is 5.52. The molecule has 4 aliphatic carbocycles. The summed E-state index contributed by atoms with van der Waals surface area (Å²) in [6.45, 7) is 4.54. The van der Waals surface area contributed by atoms with Crippen molar-refractivity contribution in [2.24, 2.45) is 23.2 Å². The topological polar surface area (TPSA) is 9.23 Å². The molecule has 0 spiro atoms. The van der Waals surface area contributed by atoms with Crippen LogP contribution in [0.4, 0.5) is 0 Å². The van der Waals surface area contributed by atoms with E-state index >= 15 is 0 Å². The minimum absolute atomic E-state index is 0.0890. The predicted molar refractivity (Wildman–Crippen MR) is 66.3 cm³/mol. The first-order chi connectivity index (χ1) is 7.50. The molecule has 16 heavy (non-hydrogen) atoms. The van der Waals surface area contributed by atoms with Gasteiger partial charge in [-0.05, 0) is 82.0 Å². The minimum Gasteiger partial charge on any atom is -0.379 e. The average molecular weight is 222 g/mol. The first-order valence-corrected chi connectivity index (χ1v) is 7.05. The van der Waals surface area contributed by atoms with Crippen molar-refractivity contribution in [3.05, 3.63) is 0 Å². The van der Waals surface area contributed by atoms with Gasteiger partial charge in [-0.2, -0.15) is 0 Å². The maximum atomic E-state index is 5.68. The van der Waals surface area contributed by atoms with E-state index in [9.17, 15) is 0 Å². The Labute approximate surface area is 99.9 Å². The molecule has 0 aromatic rings. The van der Waals surface area contributed by atoms with Crippen molar-refractivity contribution in [3.8, 4) is 0 Å². The molecule has 92 valence electrons. The molecule has 0 radical (unpaired) electrons. The van der Waals surface area contributed by atoms with Crippen molar-refractivity contribution in [1.82, 2.24) is 0 Å². The normalized spacial score (nSPS) is 46.3. The summed E-state index contributed by atoms with van der Waals surface area (Å²) in [6.07, 6.45) is 10.5. The second-order valence-corrected chi connectivity index (χ2v) is 7.56. The zero-order valence-corrected chi connectivity index (χ0v) is 11.1. The Hall–Kier alpha value is -0.0400. The summed E-state index contributed by atoms with van der Waals surface area (Å²) < 4.78 is 5.68. The average Bonchev–Trinajstić information content (AvgIpc) is 2.13. The fourth-order valence-electron chi connectivity index (χ4n) is 5.48. The molecule has 1 nitrogen and oxygen atoms in total. The third-order valence-corrected chi connectivity index (χ3v) is 5.52. The van der Waals surface area contributed by atoms with Crippen LogP contribution in [-0.4, -0.2) is 12.7 Å². The molecule has 4 bridgehead atoms. The van der Waals surface area contributed by atoms with Crippen LogP contribution in [0.1, 0.15) is 58.8 Å². The summed E-state index contributed by atoms with van der Waals surface area (Å²) in [5, 5.41) is 0. The molecule has 0 aromatic heterocycles. The van der Waals surface area contributed by atoms with Crippen molar-refractivity contribution in [2.45, 2.75) is 64.4 Å². The monoisotopic (exact) mass is 222 g/mol. The summed E-state index contributed by atoms with van der Waals surface area (Å²) in [6, 6.07) is 0. The summed E-state index contributed by atoms with van der Waals surface area (Å²) in [4.78, 5) is 0. The molecule has 4 saturated carbocycles. The van der Waals surface area contributed by atoms with Crippen LogP contribution in [0.3, 0.4) is 0 Å². The van der Waals surface area contributed by atoms with Crippen LogP contribution in [0.25, 0.3) is 0 Å². The molecule has 0 atom stereocenters. The lowest BCUT2D eigenvalue weighted by Crippen LogP contribution is -2.49. The highest BCUT2D eigenvalue weighted by atomic mass is 16.5. The molecular formula is C15H26O. The highest BCUT2D eigenvalue weighted by Gasteiger charge is 2.52. The molecule has 4 rings (SSSR count). The third kappa shape index (κ3) is 1.81. The van der Waals surface area contributed by atoms with Crippen LogP contribution >= 0.6 is 0 Å². The van der Waals surface area contributed by atoms with Gasteiger partial charge in [-0.15, -0.1) is 0 Å². The highest BCUT2D eigenvalue weighted by Crippen LogP contribution is 2.62. The van der Waals surface area contributed by atoms with Crippen LogP contribution in [0.5, 0.6) is 0 Å². The van der Waals surface area contributed by atoms with Crippen molar-refractivity contribution < 1.29 is 4.74 Å². The molecule has 1 heteroatoms. The zero-order valence-electron chi connectivity index (χ0n) is 11.1. The van der Waals surface area contributed by atoms with E-state index in [0.29, 0.717) is 5.41 Å². The first-order valence-electron chi connectivity index (χ1n) is 7.05. The lowest BCUT2D eigenvalue weighted by molar-refractivity contribution is -0.104. The fourth-order valence-corrected chi connectivity index (χ4v) is 5.48. The fraction of sp³-hybridized carbons (Fsp3) is 1.00. The molecule has 4 aliphatic rings. The molecule has 4 fully saturated rings. The number of ether oxygens (including phenoxy) is 1. The van der Waals surface area contributed by atoms with Gasteiger partial charge >= 0.3 is 0 Å². The lowest BCUT2D eigenvalue weighted by atomic mass is 9.48. The van der Waals surface area contributed by atoms with Gasteiger partial charge in [-0.3, -0.25) is 0 Å². The van der Waals surface area contributed by atoms with E-state index in [0.717, 1.165) is 17.8 Å². The maximum Gasteiger partial charge on any atom is 0.0628 e. The molecule has 0 aromatic carbocycles. The standard InChI is InChI=1S/C15H26O/c1-14(2,16-3)10-15-7-11-4-12(8-15)6-13(5-11)9-15/h11-13H,4-10H2,1-3H3. The van der Waals surface area contributed by atoms with Crippen molar-refractivity contribution in [3.63, 3.8) is 0 Å². The Morgan fingerprint density at radius 3 is 1.81 bits per heavy atom. The molecule has 0 heterocycles. The summed E-state index contributed by atoms with van der Waals surface area (Å²) >= 11 is 0. The van der Waals surface area contributed by atoms with Crippen molar-refractivity contribution in [2.75, 3.05) is 7.11 Å². The zero-order chi connectivity index (χ0) is 11.4. The van der Waals surface area contributed by atoms with E-state index in [1.165, 1.54) is 25.7 Å². The van der Waals surface area contributed by atoms with Crippen molar-refractivity contribution >= 4 is 0 Å². The van der Waals surface area contributed by atoms with E-state index in [1.54, 1.807) is 19.3 Å². The van der Waals surface area contributed by atoms with E-state index in [-0.39, 0.29) is 5.60 Å². The quantitative estimate of drug-likeness (QED) is 0.701. The minimum atomic E-state index is 0.0890. The van der Waals surface area contributed by atoms with E-state index in [1.807, 2.05) is 7.11 Å². The number of hydrogen-bond acceptors (Lipinski definition) is 1. The number of methoxy groups -OCH3 is 1. The van der Waals surface area contributed by atoms with Gasteiger partial charge in [0.1, 0.15) is 0 Å². The summed E-state index contributed by atoms with van der Waals surface area (Å²) in [5.74, 6) is 3.21. The van der Waals surface area contributed by atoms with Gasteiger partial charge in [0.05, 0.1) is 5.60 Å². The highest BCUT2D eigenvalue weighted by molar-refractivity contribution is 5.03. The molecule has 0 amide bonds. The molecule has 0 aliphatic heterocycles. The van der Waals surface area contributed by atoms with Gasteiger partial charge < -0.3 is 4.74 Å². The SMILES string of the molecule is COC(C)(C)CC12CC3CC(CC(C3)C1)C2. The maximum absolute atomic E-state index is 5.68. The van der Waals surface area contributed by atoms with Crippen LogP contribution in [0.2, 0.25) is 0 Å². The molecule has 0 saturated heterocycles.